The second-order valence-corrected chi connectivity index (χ2v) is 4.45. The lowest BCUT2D eigenvalue weighted by atomic mass is 10.0. The molecule has 0 spiro atoms. The van der Waals surface area contributed by atoms with Gasteiger partial charge >= 0.3 is 5.97 Å². The average Bonchev–Trinajstić information content (AvgIpc) is 2.35. The largest absolute Gasteiger partial charge is 0.455 e. The molecule has 0 bridgehead atoms. The molecule has 0 radical (unpaired) electrons. The zero-order valence-corrected chi connectivity index (χ0v) is 11.0. The molecule has 1 aliphatic rings. The molecule has 0 aromatic carbocycles. The first-order chi connectivity index (χ1) is 8.65. The molecule has 0 aliphatic carbocycles. The van der Waals surface area contributed by atoms with E-state index >= 15 is 0 Å². The number of allylic oxidation sites excluding steroid dienone is 3. The second kappa shape index (κ2) is 7.64. The van der Waals surface area contributed by atoms with Gasteiger partial charge in [0.1, 0.15) is 12.4 Å². The predicted molar refractivity (Wildman–Crippen MR) is 71.0 cm³/mol. The Morgan fingerprint density at radius 2 is 2.39 bits per heavy atom. The van der Waals surface area contributed by atoms with Crippen molar-refractivity contribution in [2.45, 2.75) is 39.2 Å². The molecule has 3 heteroatoms. The lowest BCUT2D eigenvalue weighted by Gasteiger charge is -2.15. The molecule has 1 heterocycles. The standard InChI is InChI=1S/C15H20O3/c1-3-13(11-12(2)9-10-16)7-8-14-5-4-6-15(17)18-14/h4,6-8,10-12,14H,3,5,9H2,1-2H3/b8-7+,13-11-/t12-,14-/m1/s1. The van der Waals surface area contributed by atoms with Crippen LogP contribution in [0.3, 0.4) is 0 Å². The molecule has 3 nitrogen and oxygen atoms in total. The number of hydrogen-bond acceptors (Lipinski definition) is 3. The molecule has 1 rings (SSSR count). The minimum absolute atomic E-state index is 0.168. The van der Waals surface area contributed by atoms with Crippen LogP contribution in [0.25, 0.3) is 0 Å². The van der Waals surface area contributed by atoms with Crippen LogP contribution in [-0.2, 0) is 14.3 Å². The maximum absolute atomic E-state index is 11.1. The van der Waals surface area contributed by atoms with Crippen LogP contribution < -0.4 is 0 Å². The summed E-state index contributed by atoms with van der Waals surface area (Å²) in [4.78, 5) is 21.5. The first-order valence-corrected chi connectivity index (χ1v) is 6.35. The van der Waals surface area contributed by atoms with E-state index in [1.807, 2.05) is 25.2 Å². The number of cyclic esters (lactones) is 1. The number of hydrogen-bond donors (Lipinski definition) is 0. The summed E-state index contributed by atoms with van der Waals surface area (Å²) in [6.45, 7) is 4.08. The van der Waals surface area contributed by atoms with Crippen LogP contribution in [0, 0.1) is 5.92 Å². The first-order valence-electron chi connectivity index (χ1n) is 6.35. The van der Waals surface area contributed by atoms with Gasteiger partial charge in [-0.1, -0.05) is 37.6 Å². The minimum atomic E-state index is -0.285. The third-order valence-electron chi connectivity index (χ3n) is 2.79. The van der Waals surface area contributed by atoms with Gasteiger partial charge in [0.2, 0.25) is 0 Å². The third-order valence-corrected chi connectivity index (χ3v) is 2.79. The highest BCUT2D eigenvalue weighted by molar-refractivity contribution is 5.82. The lowest BCUT2D eigenvalue weighted by Crippen LogP contribution is -2.17. The van der Waals surface area contributed by atoms with Gasteiger partial charge in [0, 0.05) is 18.9 Å². The topological polar surface area (TPSA) is 43.4 Å². The van der Waals surface area contributed by atoms with Gasteiger partial charge in [-0.05, 0) is 18.4 Å². The molecule has 1 aliphatic heterocycles. The van der Waals surface area contributed by atoms with Crippen molar-refractivity contribution in [2.75, 3.05) is 0 Å². The summed E-state index contributed by atoms with van der Waals surface area (Å²) in [6, 6.07) is 0. The van der Waals surface area contributed by atoms with E-state index in [4.69, 9.17) is 4.74 Å². The number of rotatable bonds is 6. The van der Waals surface area contributed by atoms with Crippen LogP contribution in [0.15, 0.2) is 36.0 Å². The molecule has 0 saturated heterocycles. The number of ether oxygens (including phenoxy) is 1. The van der Waals surface area contributed by atoms with Crippen molar-refractivity contribution in [1.29, 1.82) is 0 Å². The Morgan fingerprint density at radius 1 is 1.61 bits per heavy atom. The quantitative estimate of drug-likeness (QED) is 0.412. The Labute approximate surface area is 108 Å². The summed E-state index contributed by atoms with van der Waals surface area (Å²) in [6.07, 6.45) is 12.2. The molecular formula is C15H20O3. The monoisotopic (exact) mass is 248 g/mol. The normalized spacial score (nSPS) is 22.0. The Hall–Kier alpha value is -1.64. The highest BCUT2D eigenvalue weighted by atomic mass is 16.5. The van der Waals surface area contributed by atoms with Crippen LogP contribution >= 0.6 is 0 Å². The first kappa shape index (κ1) is 14.4. The third kappa shape index (κ3) is 5.13. The molecule has 0 N–H and O–H groups in total. The second-order valence-electron chi connectivity index (χ2n) is 4.45. The maximum atomic E-state index is 11.1. The lowest BCUT2D eigenvalue weighted by molar-refractivity contribution is -0.141. The van der Waals surface area contributed by atoms with Crippen molar-refractivity contribution >= 4 is 12.3 Å². The molecule has 0 aromatic rings. The number of carbonyl (C=O) groups is 2. The van der Waals surface area contributed by atoms with E-state index in [2.05, 4.69) is 13.0 Å². The van der Waals surface area contributed by atoms with Crippen molar-refractivity contribution in [3.05, 3.63) is 36.0 Å². The van der Waals surface area contributed by atoms with Crippen molar-refractivity contribution < 1.29 is 14.3 Å². The van der Waals surface area contributed by atoms with E-state index in [0.717, 1.165) is 24.7 Å². The Bertz CT molecular complexity index is 377. The molecule has 98 valence electrons. The summed E-state index contributed by atoms with van der Waals surface area (Å²) in [5.74, 6) is -0.0387. The molecule has 0 aromatic heterocycles. The molecule has 2 atom stereocenters. The summed E-state index contributed by atoms with van der Waals surface area (Å²) >= 11 is 0. The van der Waals surface area contributed by atoms with Gasteiger partial charge in [0.05, 0.1) is 0 Å². The fourth-order valence-electron chi connectivity index (χ4n) is 1.76. The van der Waals surface area contributed by atoms with Crippen LogP contribution in [0.4, 0.5) is 0 Å². The fourth-order valence-corrected chi connectivity index (χ4v) is 1.76. The average molecular weight is 248 g/mol. The summed E-state index contributed by atoms with van der Waals surface area (Å²) < 4.78 is 5.14. The Morgan fingerprint density at radius 3 is 3.00 bits per heavy atom. The highest BCUT2D eigenvalue weighted by Gasteiger charge is 2.12. The molecule has 0 unspecified atom stereocenters. The summed E-state index contributed by atoms with van der Waals surface area (Å²) in [5.41, 5.74) is 1.16. The SMILES string of the molecule is CCC(=C/[C@H](C)CC=O)/C=C/[C@H]1CC=CC(=O)O1. The smallest absolute Gasteiger partial charge is 0.331 e. The van der Waals surface area contributed by atoms with Gasteiger partial charge in [0.15, 0.2) is 0 Å². The van der Waals surface area contributed by atoms with Gasteiger partial charge in [-0.3, -0.25) is 0 Å². The van der Waals surface area contributed by atoms with E-state index in [1.165, 1.54) is 6.08 Å². The van der Waals surface area contributed by atoms with Crippen LogP contribution in [0.1, 0.15) is 33.1 Å². The van der Waals surface area contributed by atoms with Crippen LogP contribution in [0.2, 0.25) is 0 Å². The number of aldehydes is 1. The van der Waals surface area contributed by atoms with E-state index in [0.29, 0.717) is 6.42 Å². The zero-order valence-electron chi connectivity index (χ0n) is 11.0. The van der Waals surface area contributed by atoms with Gasteiger partial charge in [-0.25, -0.2) is 4.79 Å². The van der Waals surface area contributed by atoms with Crippen molar-refractivity contribution in [2.24, 2.45) is 5.92 Å². The summed E-state index contributed by atoms with van der Waals surface area (Å²) in [7, 11) is 0. The highest BCUT2D eigenvalue weighted by Crippen LogP contribution is 2.14. The van der Waals surface area contributed by atoms with Crippen molar-refractivity contribution in [1.82, 2.24) is 0 Å². The van der Waals surface area contributed by atoms with Gasteiger partial charge in [0.25, 0.3) is 0 Å². The van der Waals surface area contributed by atoms with Crippen LogP contribution in [0.5, 0.6) is 0 Å². The fraction of sp³-hybridized carbons (Fsp3) is 0.467. The zero-order chi connectivity index (χ0) is 13.4. The van der Waals surface area contributed by atoms with Gasteiger partial charge in [-0.2, -0.15) is 0 Å². The van der Waals surface area contributed by atoms with Crippen molar-refractivity contribution in [3.8, 4) is 0 Å². The molecular weight excluding hydrogens is 228 g/mol. The van der Waals surface area contributed by atoms with E-state index in [1.54, 1.807) is 0 Å². The van der Waals surface area contributed by atoms with E-state index in [9.17, 15) is 9.59 Å². The van der Waals surface area contributed by atoms with Crippen LogP contribution in [-0.4, -0.2) is 18.4 Å². The predicted octanol–water partition coefficient (Wildman–Crippen LogP) is 2.98. The molecule has 18 heavy (non-hydrogen) atoms. The van der Waals surface area contributed by atoms with Crippen molar-refractivity contribution in [3.63, 3.8) is 0 Å². The molecule has 0 amide bonds. The number of carbonyl (C=O) groups excluding carboxylic acids is 2. The Balaban J connectivity index is 2.59. The van der Waals surface area contributed by atoms with Gasteiger partial charge in [-0.15, -0.1) is 0 Å². The summed E-state index contributed by atoms with van der Waals surface area (Å²) in [5, 5.41) is 0. The Kier molecular flexibility index (Phi) is 6.12. The number of esters is 1. The maximum Gasteiger partial charge on any atom is 0.331 e. The minimum Gasteiger partial charge on any atom is -0.455 e. The molecule has 0 fully saturated rings. The van der Waals surface area contributed by atoms with E-state index in [-0.39, 0.29) is 18.0 Å². The van der Waals surface area contributed by atoms with E-state index < -0.39 is 0 Å². The molecule has 0 saturated carbocycles. The van der Waals surface area contributed by atoms with Gasteiger partial charge < -0.3 is 9.53 Å².